The molecule has 13 nitrogen and oxygen atoms in total. The first-order chi connectivity index (χ1) is 18.1. The number of nitrogens with one attached hydrogen (secondary N) is 3. The van der Waals surface area contributed by atoms with Crippen molar-refractivity contribution >= 4 is 17.5 Å². The predicted molar refractivity (Wildman–Crippen MR) is 133 cm³/mol. The highest BCUT2D eigenvalue weighted by Crippen LogP contribution is 2.20. The van der Waals surface area contributed by atoms with E-state index in [1.807, 2.05) is 19.1 Å². The van der Waals surface area contributed by atoms with Gasteiger partial charge < -0.3 is 15.4 Å². The summed E-state index contributed by atoms with van der Waals surface area (Å²) in [4.78, 5) is 34.2. The molecular weight excluding hydrogens is 474 g/mol. The number of anilines is 2. The standard InChI is InChI=1S/C24H21N11O2/c1-14-9-20(31-19-7-8-29-34-19)32-23(30-14)16-3-5-17(25-11-16)24(36)28-13-21-26-12-18(33-35-21)15-4-6-22(37-2)27-10-15/h3-12H,13H2,1-2H3,(H,28,36)(H2,29,30,31,32,34). The van der Waals surface area contributed by atoms with Crippen LogP contribution in [-0.2, 0) is 6.54 Å². The summed E-state index contributed by atoms with van der Waals surface area (Å²) in [5, 5.41) is 20.8. The molecule has 0 radical (unpaired) electrons. The van der Waals surface area contributed by atoms with Crippen molar-refractivity contribution < 1.29 is 9.53 Å². The third-order valence-corrected chi connectivity index (χ3v) is 5.13. The molecule has 0 spiro atoms. The molecule has 0 saturated carbocycles. The molecule has 0 aliphatic carbocycles. The molecule has 3 N–H and O–H groups in total. The third kappa shape index (κ3) is 5.67. The van der Waals surface area contributed by atoms with Crippen molar-refractivity contribution in [3.63, 3.8) is 0 Å². The van der Waals surface area contributed by atoms with Gasteiger partial charge in [-0.3, -0.25) is 14.9 Å². The zero-order valence-corrected chi connectivity index (χ0v) is 19.9. The fraction of sp³-hybridized carbons (Fsp3) is 0.125. The van der Waals surface area contributed by atoms with Crippen LogP contribution in [0.2, 0.25) is 0 Å². The highest BCUT2D eigenvalue weighted by atomic mass is 16.5. The number of aryl methyl sites for hydroxylation is 1. The second-order valence-electron chi connectivity index (χ2n) is 7.78. The van der Waals surface area contributed by atoms with Crippen molar-refractivity contribution in [2.24, 2.45) is 0 Å². The second-order valence-corrected chi connectivity index (χ2v) is 7.78. The molecule has 0 fully saturated rings. The van der Waals surface area contributed by atoms with E-state index in [1.165, 1.54) is 0 Å². The van der Waals surface area contributed by atoms with Crippen LogP contribution in [-0.4, -0.2) is 58.3 Å². The number of amides is 1. The minimum absolute atomic E-state index is 0.0973. The fourth-order valence-electron chi connectivity index (χ4n) is 3.30. The van der Waals surface area contributed by atoms with E-state index in [2.05, 4.69) is 55.9 Å². The van der Waals surface area contributed by atoms with Crippen LogP contribution in [0.15, 0.2) is 61.2 Å². The average molecular weight is 496 g/mol. The Balaban J connectivity index is 1.21. The normalized spacial score (nSPS) is 10.6. The Morgan fingerprint density at radius 3 is 2.51 bits per heavy atom. The van der Waals surface area contributed by atoms with E-state index in [0.717, 1.165) is 11.3 Å². The molecular formula is C24H21N11O2. The molecule has 0 aromatic carbocycles. The van der Waals surface area contributed by atoms with Crippen LogP contribution in [0.4, 0.5) is 11.6 Å². The van der Waals surface area contributed by atoms with Gasteiger partial charge in [0.1, 0.15) is 23.0 Å². The van der Waals surface area contributed by atoms with Crippen LogP contribution in [0.5, 0.6) is 5.88 Å². The first-order valence-electron chi connectivity index (χ1n) is 11.1. The summed E-state index contributed by atoms with van der Waals surface area (Å²) in [5.74, 6) is 2.29. The first kappa shape index (κ1) is 23.4. The second kappa shape index (κ2) is 10.5. The Labute approximate surface area is 210 Å². The molecule has 5 rings (SSSR count). The molecule has 13 heteroatoms. The Bertz CT molecular complexity index is 1490. The van der Waals surface area contributed by atoms with Gasteiger partial charge in [0.05, 0.1) is 26.0 Å². The number of hydrogen-bond donors (Lipinski definition) is 3. The molecule has 5 heterocycles. The van der Waals surface area contributed by atoms with Gasteiger partial charge in [0.2, 0.25) is 5.88 Å². The lowest BCUT2D eigenvalue weighted by molar-refractivity contribution is 0.0945. The lowest BCUT2D eigenvalue weighted by Gasteiger charge is -2.08. The number of ether oxygens (including phenoxy) is 1. The van der Waals surface area contributed by atoms with E-state index in [4.69, 9.17) is 4.74 Å². The quantitative estimate of drug-likeness (QED) is 0.289. The van der Waals surface area contributed by atoms with Gasteiger partial charge >= 0.3 is 0 Å². The Hall–Kier alpha value is -5.33. The van der Waals surface area contributed by atoms with E-state index < -0.39 is 0 Å². The Kier molecular flexibility index (Phi) is 6.65. The number of carbonyl (C=O) groups is 1. The molecule has 0 bridgehead atoms. The van der Waals surface area contributed by atoms with Gasteiger partial charge in [0.15, 0.2) is 11.6 Å². The molecule has 0 aliphatic rings. The summed E-state index contributed by atoms with van der Waals surface area (Å²) in [6, 6.07) is 10.5. The number of carbonyl (C=O) groups excluding carboxylic acids is 1. The monoisotopic (exact) mass is 495 g/mol. The number of nitrogens with zero attached hydrogens (tertiary/aromatic N) is 8. The smallest absolute Gasteiger partial charge is 0.270 e. The Morgan fingerprint density at radius 1 is 0.973 bits per heavy atom. The van der Waals surface area contributed by atoms with Crippen LogP contribution < -0.4 is 15.4 Å². The number of methoxy groups -OCH3 is 1. The number of rotatable bonds is 8. The molecule has 0 aliphatic heterocycles. The number of H-pyrrole nitrogens is 1. The highest BCUT2D eigenvalue weighted by Gasteiger charge is 2.12. The van der Waals surface area contributed by atoms with Gasteiger partial charge in [-0.1, -0.05) is 0 Å². The minimum Gasteiger partial charge on any atom is -0.481 e. The highest BCUT2D eigenvalue weighted by molar-refractivity contribution is 5.92. The maximum Gasteiger partial charge on any atom is 0.270 e. The largest absolute Gasteiger partial charge is 0.481 e. The van der Waals surface area contributed by atoms with E-state index in [-0.39, 0.29) is 18.1 Å². The van der Waals surface area contributed by atoms with E-state index in [0.29, 0.717) is 40.4 Å². The van der Waals surface area contributed by atoms with Crippen LogP contribution in [0.3, 0.4) is 0 Å². The summed E-state index contributed by atoms with van der Waals surface area (Å²) < 4.78 is 5.05. The topological polar surface area (TPSA) is 169 Å². The Morgan fingerprint density at radius 2 is 1.84 bits per heavy atom. The lowest BCUT2D eigenvalue weighted by atomic mass is 10.2. The van der Waals surface area contributed by atoms with E-state index in [1.54, 1.807) is 56.2 Å². The van der Waals surface area contributed by atoms with Gasteiger partial charge in [-0.2, -0.15) is 5.10 Å². The van der Waals surface area contributed by atoms with Gasteiger partial charge in [0, 0.05) is 47.4 Å². The zero-order chi connectivity index (χ0) is 25.6. The summed E-state index contributed by atoms with van der Waals surface area (Å²) >= 11 is 0. The maximum atomic E-state index is 12.6. The molecule has 0 atom stereocenters. The first-order valence-corrected chi connectivity index (χ1v) is 11.1. The van der Waals surface area contributed by atoms with Crippen molar-refractivity contribution in [2.45, 2.75) is 13.5 Å². The molecule has 184 valence electrons. The summed E-state index contributed by atoms with van der Waals surface area (Å²) in [6.07, 6.45) is 6.39. The minimum atomic E-state index is -0.370. The number of pyridine rings is 2. The number of aromatic amines is 1. The average Bonchev–Trinajstić information content (AvgIpc) is 3.45. The van der Waals surface area contributed by atoms with Crippen molar-refractivity contribution in [3.8, 4) is 28.5 Å². The predicted octanol–water partition coefficient (Wildman–Crippen LogP) is 2.50. The van der Waals surface area contributed by atoms with Crippen LogP contribution in [0.25, 0.3) is 22.6 Å². The lowest BCUT2D eigenvalue weighted by Crippen LogP contribution is -2.25. The summed E-state index contributed by atoms with van der Waals surface area (Å²) in [6.45, 7) is 1.97. The van der Waals surface area contributed by atoms with Gasteiger partial charge in [-0.25, -0.2) is 19.9 Å². The van der Waals surface area contributed by atoms with Gasteiger partial charge in [-0.05, 0) is 25.1 Å². The molecule has 0 saturated heterocycles. The number of aromatic nitrogens is 9. The molecule has 1 amide bonds. The zero-order valence-electron chi connectivity index (χ0n) is 19.9. The summed E-state index contributed by atoms with van der Waals surface area (Å²) in [7, 11) is 1.55. The van der Waals surface area contributed by atoms with Crippen molar-refractivity contribution in [1.29, 1.82) is 0 Å². The fourth-order valence-corrected chi connectivity index (χ4v) is 3.30. The van der Waals surface area contributed by atoms with Crippen LogP contribution >= 0.6 is 0 Å². The third-order valence-electron chi connectivity index (χ3n) is 5.13. The summed E-state index contributed by atoms with van der Waals surface area (Å²) in [5.41, 5.74) is 2.99. The van der Waals surface area contributed by atoms with Gasteiger partial charge in [0.25, 0.3) is 5.91 Å². The van der Waals surface area contributed by atoms with Crippen LogP contribution in [0, 0.1) is 6.92 Å². The van der Waals surface area contributed by atoms with Crippen LogP contribution in [0.1, 0.15) is 22.0 Å². The van der Waals surface area contributed by atoms with E-state index >= 15 is 0 Å². The molecule has 5 aromatic rings. The molecule has 37 heavy (non-hydrogen) atoms. The van der Waals surface area contributed by atoms with Crippen molar-refractivity contribution in [2.75, 3.05) is 12.4 Å². The van der Waals surface area contributed by atoms with Crippen molar-refractivity contribution in [1.82, 2.24) is 50.6 Å². The molecule has 0 unspecified atom stereocenters. The number of hydrogen-bond acceptors (Lipinski definition) is 11. The SMILES string of the molecule is COc1ccc(-c2cnc(CNC(=O)c3ccc(-c4nc(C)cc(Nc5ccn[nH]5)n4)cn3)nn2)cn1. The van der Waals surface area contributed by atoms with Crippen molar-refractivity contribution in [3.05, 3.63) is 78.4 Å². The van der Waals surface area contributed by atoms with E-state index in [9.17, 15) is 4.79 Å². The maximum absolute atomic E-state index is 12.6. The van der Waals surface area contributed by atoms with Gasteiger partial charge in [-0.15, -0.1) is 10.2 Å². The molecule has 5 aromatic heterocycles.